The number of likely N-dealkylation sites (tertiary alicyclic amines) is 1. The molecule has 1 aliphatic heterocycles. The molecule has 0 unspecified atom stereocenters. The molecule has 1 aliphatic rings. The molecule has 0 spiro atoms. The Bertz CT molecular complexity index is 604. The van der Waals surface area contributed by atoms with Gasteiger partial charge in [0.1, 0.15) is 5.75 Å². The van der Waals surface area contributed by atoms with Gasteiger partial charge in [-0.2, -0.15) is 0 Å². The number of hydrogen-bond donors (Lipinski definition) is 2. The Morgan fingerprint density at radius 1 is 1.23 bits per heavy atom. The van der Waals surface area contributed by atoms with Gasteiger partial charge in [-0.25, -0.2) is 4.79 Å². The van der Waals surface area contributed by atoms with Crippen molar-refractivity contribution in [1.82, 2.24) is 4.90 Å². The fourth-order valence-electron chi connectivity index (χ4n) is 2.45. The lowest BCUT2D eigenvalue weighted by atomic mass is 9.96. The Morgan fingerprint density at radius 2 is 1.86 bits per heavy atom. The van der Waals surface area contributed by atoms with E-state index in [4.69, 9.17) is 5.11 Å². The summed E-state index contributed by atoms with van der Waals surface area (Å²) in [7, 11) is 1.23. The first-order valence-electron chi connectivity index (χ1n) is 6.87. The van der Waals surface area contributed by atoms with Gasteiger partial charge in [-0.1, -0.05) is 0 Å². The average Bonchev–Trinajstić information content (AvgIpc) is 2.54. The number of amides is 1. The van der Waals surface area contributed by atoms with Crippen LogP contribution in [0.3, 0.4) is 0 Å². The van der Waals surface area contributed by atoms with Crippen molar-refractivity contribution < 1.29 is 29.3 Å². The molecular formula is C15H17NO6. The second-order valence-corrected chi connectivity index (χ2v) is 5.13. The molecule has 1 fully saturated rings. The van der Waals surface area contributed by atoms with Gasteiger partial charge in [0.25, 0.3) is 5.91 Å². The number of rotatable bonds is 3. The first-order chi connectivity index (χ1) is 10.4. The minimum absolute atomic E-state index is 0.0108. The quantitative estimate of drug-likeness (QED) is 0.811. The van der Waals surface area contributed by atoms with Crippen LogP contribution in [0.2, 0.25) is 0 Å². The molecule has 0 saturated carbocycles. The first-order valence-corrected chi connectivity index (χ1v) is 6.87. The zero-order valence-corrected chi connectivity index (χ0v) is 12.1. The number of carbonyl (C=O) groups excluding carboxylic acids is 2. The van der Waals surface area contributed by atoms with Gasteiger partial charge in [0.05, 0.1) is 24.2 Å². The highest BCUT2D eigenvalue weighted by Crippen LogP contribution is 2.24. The van der Waals surface area contributed by atoms with Crippen molar-refractivity contribution in [3.63, 3.8) is 0 Å². The van der Waals surface area contributed by atoms with Crippen LogP contribution in [-0.4, -0.2) is 53.2 Å². The standard InChI is InChI=1S/C15H17NO6/c1-22-15(21)10-2-3-12(17)11(8-10)13(18)16-6-4-9(5-7-16)14(19)20/h2-3,8-9,17H,4-7H2,1H3,(H,19,20). The molecule has 1 heterocycles. The van der Waals surface area contributed by atoms with Crippen molar-refractivity contribution >= 4 is 17.8 Å². The fraction of sp³-hybridized carbons (Fsp3) is 0.400. The zero-order valence-electron chi connectivity index (χ0n) is 12.1. The molecule has 118 valence electrons. The number of phenols is 1. The summed E-state index contributed by atoms with van der Waals surface area (Å²) in [6.07, 6.45) is 0.747. The number of hydrogen-bond acceptors (Lipinski definition) is 5. The van der Waals surface area contributed by atoms with Gasteiger partial charge >= 0.3 is 11.9 Å². The lowest BCUT2D eigenvalue weighted by molar-refractivity contribution is -0.143. The van der Waals surface area contributed by atoms with E-state index in [9.17, 15) is 19.5 Å². The lowest BCUT2D eigenvalue weighted by Crippen LogP contribution is -2.40. The predicted molar refractivity (Wildman–Crippen MR) is 75.7 cm³/mol. The topological polar surface area (TPSA) is 104 Å². The van der Waals surface area contributed by atoms with Crippen LogP contribution >= 0.6 is 0 Å². The van der Waals surface area contributed by atoms with E-state index in [2.05, 4.69) is 4.74 Å². The Morgan fingerprint density at radius 3 is 2.41 bits per heavy atom. The molecule has 1 aromatic rings. The monoisotopic (exact) mass is 307 g/mol. The second kappa shape index (κ2) is 6.46. The van der Waals surface area contributed by atoms with Crippen LogP contribution < -0.4 is 0 Å². The number of phenolic OH excluding ortho intramolecular Hbond substituents is 1. The van der Waals surface area contributed by atoms with Crippen LogP contribution in [0.25, 0.3) is 0 Å². The number of carboxylic acid groups (broad SMARTS) is 1. The van der Waals surface area contributed by atoms with E-state index in [-0.39, 0.29) is 16.9 Å². The van der Waals surface area contributed by atoms with Crippen molar-refractivity contribution in [3.05, 3.63) is 29.3 Å². The molecular weight excluding hydrogens is 290 g/mol. The van der Waals surface area contributed by atoms with Crippen molar-refractivity contribution in [3.8, 4) is 5.75 Å². The highest BCUT2D eigenvalue weighted by molar-refractivity contribution is 6.00. The molecule has 0 aliphatic carbocycles. The van der Waals surface area contributed by atoms with Crippen molar-refractivity contribution in [2.75, 3.05) is 20.2 Å². The smallest absolute Gasteiger partial charge is 0.337 e. The van der Waals surface area contributed by atoms with E-state index >= 15 is 0 Å². The summed E-state index contributed by atoms with van der Waals surface area (Å²) >= 11 is 0. The normalized spacial score (nSPS) is 15.4. The summed E-state index contributed by atoms with van der Waals surface area (Å²) in [4.78, 5) is 36.3. The van der Waals surface area contributed by atoms with E-state index in [0.717, 1.165) is 0 Å². The van der Waals surface area contributed by atoms with Crippen molar-refractivity contribution in [2.45, 2.75) is 12.8 Å². The maximum absolute atomic E-state index is 12.4. The van der Waals surface area contributed by atoms with Gasteiger partial charge in [-0.3, -0.25) is 9.59 Å². The molecule has 7 heteroatoms. The van der Waals surface area contributed by atoms with E-state index < -0.39 is 23.8 Å². The number of piperidine rings is 1. The predicted octanol–water partition coefficient (Wildman–Crippen LogP) is 1.12. The number of aliphatic carboxylic acids is 1. The number of esters is 1. The van der Waals surface area contributed by atoms with Crippen LogP contribution in [0.15, 0.2) is 18.2 Å². The summed E-state index contributed by atoms with van der Waals surface area (Å²) in [5.74, 6) is -2.55. The van der Waals surface area contributed by atoms with E-state index in [1.807, 2.05) is 0 Å². The molecule has 2 N–H and O–H groups in total. The lowest BCUT2D eigenvalue weighted by Gasteiger charge is -2.30. The van der Waals surface area contributed by atoms with Gasteiger partial charge in [-0.05, 0) is 31.0 Å². The molecule has 0 aromatic heterocycles. The van der Waals surface area contributed by atoms with Crippen LogP contribution in [0.4, 0.5) is 0 Å². The van der Waals surface area contributed by atoms with Crippen molar-refractivity contribution in [2.24, 2.45) is 5.92 Å². The Hall–Kier alpha value is -2.57. The summed E-state index contributed by atoms with van der Waals surface area (Å²) in [6.45, 7) is 0.607. The van der Waals surface area contributed by atoms with Gasteiger partial charge < -0.3 is 19.8 Å². The third-order valence-electron chi connectivity index (χ3n) is 3.78. The maximum Gasteiger partial charge on any atom is 0.337 e. The highest BCUT2D eigenvalue weighted by Gasteiger charge is 2.28. The van der Waals surface area contributed by atoms with Crippen LogP contribution in [0.1, 0.15) is 33.6 Å². The number of ether oxygens (including phenoxy) is 1. The summed E-state index contributed by atoms with van der Waals surface area (Å²) < 4.78 is 4.59. The number of benzene rings is 1. The highest BCUT2D eigenvalue weighted by atomic mass is 16.5. The molecule has 1 amide bonds. The molecule has 0 atom stereocenters. The average molecular weight is 307 g/mol. The summed E-state index contributed by atoms with van der Waals surface area (Å²) in [5, 5.41) is 18.8. The summed E-state index contributed by atoms with van der Waals surface area (Å²) in [6, 6.07) is 3.92. The molecule has 7 nitrogen and oxygen atoms in total. The number of aromatic hydroxyl groups is 1. The van der Waals surface area contributed by atoms with Gasteiger partial charge in [0.15, 0.2) is 0 Å². The number of nitrogens with zero attached hydrogens (tertiary/aromatic N) is 1. The minimum atomic E-state index is -0.859. The van der Waals surface area contributed by atoms with Gasteiger partial charge in [-0.15, -0.1) is 0 Å². The Labute approximate surface area is 127 Å². The molecule has 1 saturated heterocycles. The largest absolute Gasteiger partial charge is 0.507 e. The van der Waals surface area contributed by atoms with Gasteiger partial charge in [0.2, 0.25) is 0 Å². The van der Waals surface area contributed by atoms with Crippen LogP contribution in [0, 0.1) is 5.92 Å². The Balaban J connectivity index is 2.16. The molecule has 1 aromatic carbocycles. The van der Waals surface area contributed by atoms with E-state index in [0.29, 0.717) is 25.9 Å². The molecule has 2 rings (SSSR count). The van der Waals surface area contributed by atoms with E-state index in [1.54, 1.807) is 0 Å². The summed E-state index contributed by atoms with van der Waals surface area (Å²) in [5.41, 5.74) is 0.181. The molecule has 0 radical (unpaired) electrons. The fourth-order valence-corrected chi connectivity index (χ4v) is 2.45. The second-order valence-electron chi connectivity index (χ2n) is 5.13. The third kappa shape index (κ3) is 3.19. The van der Waals surface area contributed by atoms with Crippen LogP contribution in [-0.2, 0) is 9.53 Å². The molecule has 0 bridgehead atoms. The van der Waals surface area contributed by atoms with Crippen molar-refractivity contribution in [1.29, 1.82) is 0 Å². The van der Waals surface area contributed by atoms with Gasteiger partial charge in [0, 0.05) is 13.1 Å². The Kier molecular flexibility index (Phi) is 4.65. The molecule has 22 heavy (non-hydrogen) atoms. The minimum Gasteiger partial charge on any atom is -0.507 e. The number of methoxy groups -OCH3 is 1. The third-order valence-corrected chi connectivity index (χ3v) is 3.78. The number of carboxylic acids is 1. The first kappa shape index (κ1) is 15.8. The maximum atomic E-state index is 12.4. The SMILES string of the molecule is COC(=O)c1ccc(O)c(C(=O)N2CCC(C(=O)O)CC2)c1. The van der Waals surface area contributed by atoms with Crippen LogP contribution in [0.5, 0.6) is 5.75 Å². The zero-order chi connectivity index (χ0) is 16.3. The number of carbonyl (C=O) groups is 3. The van der Waals surface area contributed by atoms with E-state index in [1.165, 1.54) is 30.2 Å².